The Morgan fingerprint density at radius 1 is 1.61 bits per heavy atom. The third-order valence-electron chi connectivity index (χ3n) is 3.14. The van der Waals surface area contributed by atoms with Gasteiger partial charge in [0.05, 0.1) is 5.69 Å². The number of aryl methyl sites for hydroxylation is 2. The van der Waals surface area contributed by atoms with E-state index in [1.54, 1.807) is 13.0 Å². The van der Waals surface area contributed by atoms with E-state index in [0.717, 1.165) is 18.7 Å². The summed E-state index contributed by atoms with van der Waals surface area (Å²) in [5.74, 6) is 0.0515. The molecule has 1 fully saturated rings. The number of nitrogens with one attached hydrogen (secondary N) is 1. The van der Waals surface area contributed by atoms with Gasteiger partial charge in [0.15, 0.2) is 0 Å². The minimum absolute atomic E-state index is 0.361. The second-order valence-corrected chi connectivity index (χ2v) is 4.69. The van der Waals surface area contributed by atoms with Crippen LogP contribution in [0.3, 0.4) is 0 Å². The van der Waals surface area contributed by atoms with E-state index in [1.807, 2.05) is 6.92 Å². The molecule has 1 aliphatic rings. The van der Waals surface area contributed by atoms with Crippen LogP contribution in [0.5, 0.6) is 5.75 Å². The third kappa shape index (κ3) is 2.79. The van der Waals surface area contributed by atoms with Crippen molar-refractivity contribution < 1.29 is 9.53 Å². The van der Waals surface area contributed by atoms with E-state index in [2.05, 4.69) is 10.3 Å². The molecule has 1 saturated heterocycles. The SMILES string of the molecule is Cc1cc(OCC2CCCN2)c(C(N)=O)c(C)n1. The van der Waals surface area contributed by atoms with Crippen LogP contribution in [-0.4, -0.2) is 30.1 Å². The molecule has 0 bridgehead atoms. The van der Waals surface area contributed by atoms with E-state index < -0.39 is 5.91 Å². The van der Waals surface area contributed by atoms with Gasteiger partial charge < -0.3 is 15.8 Å². The number of pyridine rings is 1. The van der Waals surface area contributed by atoms with Gasteiger partial charge in [-0.3, -0.25) is 9.78 Å². The molecular formula is C13H19N3O2. The maximum absolute atomic E-state index is 11.4. The molecule has 2 heterocycles. The summed E-state index contributed by atoms with van der Waals surface area (Å²) in [6, 6.07) is 2.13. The van der Waals surface area contributed by atoms with Crippen molar-refractivity contribution in [1.29, 1.82) is 0 Å². The van der Waals surface area contributed by atoms with Crippen molar-refractivity contribution in [3.05, 3.63) is 23.0 Å². The lowest BCUT2D eigenvalue weighted by Gasteiger charge is -2.15. The zero-order valence-corrected chi connectivity index (χ0v) is 10.8. The molecule has 5 nitrogen and oxygen atoms in total. The average Bonchev–Trinajstić information content (AvgIpc) is 2.77. The predicted octanol–water partition coefficient (Wildman–Crippen LogP) is 0.928. The number of carbonyl (C=O) groups is 1. The molecule has 1 aromatic rings. The highest BCUT2D eigenvalue weighted by molar-refractivity contribution is 5.96. The Labute approximate surface area is 107 Å². The maximum Gasteiger partial charge on any atom is 0.254 e. The van der Waals surface area contributed by atoms with Gasteiger partial charge in [-0.05, 0) is 33.2 Å². The summed E-state index contributed by atoms with van der Waals surface area (Å²) in [6.07, 6.45) is 2.28. The highest BCUT2D eigenvalue weighted by Gasteiger charge is 2.18. The summed E-state index contributed by atoms with van der Waals surface area (Å²) < 4.78 is 5.74. The zero-order chi connectivity index (χ0) is 13.1. The van der Waals surface area contributed by atoms with Crippen LogP contribution in [0, 0.1) is 13.8 Å². The molecule has 0 radical (unpaired) electrons. The summed E-state index contributed by atoms with van der Waals surface area (Å²) >= 11 is 0. The summed E-state index contributed by atoms with van der Waals surface area (Å²) in [7, 11) is 0. The van der Waals surface area contributed by atoms with Crippen LogP contribution in [0.2, 0.25) is 0 Å². The first-order valence-electron chi connectivity index (χ1n) is 6.22. The Hall–Kier alpha value is -1.62. The molecule has 2 rings (SSSR count). The van der Waals surface area contributed by atoms with Crippen LogP contribution in [0.4, 0.5) is 0 Å². The Kier molecular flexibility index (Phi) is 3.81. The van der Waals surface area contributed by atoms with E-state index in [9.17, 15) is 4.79 Å². The summed E-state index contributed by atoms with van der Waals surface area (Å²) in [5.41, 5.74) is 7.21. The quantitative estimate of drug-likeness (QED) is 0.832. The smallest absolute Gasteiger partial charge is 0.254 e. The van der Waals surface area contributed by atoms with E-state index in [-0.39, 0.29) is 0 Å². The fraction of sp³-hybridized carbons (Fsp3) is 0.538. The van der Waals surface area contributed by atoms with Crippen LogP contribution in [-0.2, 0) is 0 Å². The van der Waals surface area contributed by atoms with Crippen molar-refractivity contribution in [2.24, 2.45) is 5.73 Å². The number of rotatable bonds is 4. The number of hydrogen-bond acceptors (Lipinski definition) is 4. The molecule has 3 N–H and O–H groups in total. The van der Waals surface area contributed by atoms with Gasteiger partial charge in [-0.15, -0.1) is 0 Å². The number of carbonyl (C=O) groups excluding carboxylic acids is 1. The van der Waals surface area contributed by atoms with Gasteiger partial charge in [0.25, 0.3) is 5.91 Å². The number of primary amides is 1. The molecular weight excluding hydrogens is 230 g/mol. The summed E-state index contributed by atoms with van der Waals surface area (Å²) in [4.78, 5) is 15.7. The van der Waals surface area contributed by atoms with Gasteiger partial charge in [-0.25, -0.2) is 0 Å². The van der Waals surface area contributed by atoms with Crippen molar-refractivity contribution in [2.75, 3.05) is 13.2 Å². The Bertz CT molecular complexity index is 454. The van der Waals surface area contributed by atoms with Gasteiger partial charge in [0.1, 0.15) is 17.9 Å². The highest BCUT2D eigenvalue weighted by Crippen LogP contribution is 2.22. The molecule has 0 aliphatic carbocycles. The van der Waals surface area contributed by atoms with Gasteiger partial charge in [-0.2, -0.15) is 0 Å². The summed E-state index contributed by atoms with van der Waals surface area (Å²) in [5, 5.41) is 3.35. The maximum atomic E-state index is 11.4. The molecule has 0 aromatic carbocycles. The molecule has 1 aliphatic heterocycles. The van der Waals surface area contributed by atoms with Crippen molar-refractivity contribution in [3.63, 3.8) is 0 Å². The average molecular weight is 249 g/mol. The van der Waals surface area contributed by atoms with E-state index >= 15 is 0 Å². The highest BCUT2D eigenvalue weighted by atomic mass is 16.5. The number of hydrogen-bond donors (Lipinski definition) is 2. The molecule has 98 valence electrons. The van der Waals surface area contributed by atoms with Crippen LogP contribution < -0.4 is 15.8 Å². The largest absolute Gasteiger partial charge is 0.491 e. The molecule has 1 unspecified atom stereocenters. The van der Waals surface area contributed by atoms with Crippen molar-refractivity contribution in [2.45, 2.75) is 32.7 Å². The number of amides is 1. The predicted molar refractivity (Wildman–Crippen MR) is 68.7 cm³/mol. The van der Waals surface area contributed by atoms with E-state index in [0.29, 0.717) is 29.7 Å². The fourth-order valence-corrected chi connectivity index (χ4v) is 2.30. The van der Waals surface area contributed by atoms with Gasteiger partial charge in [-0.1, -0.05) is 0 Å². The lowest BCUT2D eigenvalue weighted by atomic mass is 10.1. The number of nitrogens with two attached hydrogens (primary N) is 1. The monoisotopic (exact) mass is 249 g/mol. The first-order chi connectivity index (χ1) is 8.58. The van der Waals surface area contributed by atoms with Crippen molar-refractivity contribution >= 4 is 5.91 Å². The second kappa shape index (κ2) is 5.35. The van der Waals surface area contributed by atoms with Crippen molar-refractivity contribution in [1.82, 2.24) is 10.3 Å². The molecule has 1 aromatic heterocycles. The molecule has 0 saturated carbocycles. The first kappa shape index (κ1) is 12.8. The lowest BCUT2D eigenvalue weighted by Crippen LogP contribution is -2.29. The number of nitrogens with zero attached hydrogens (tertiary/aromatic N) is 1. The van der Waals surface area contributed by atoms with Crippen LogP contribution in [0.1, 0.15) is 34.6 Å². The molecule has 5 heteroatoms. The van der Waals surface area contributed by atoms with Gasteiger partial charge in [0.2, 0.25) is 0 Å². The molecule has 1 amide bonds. The minimum atomic E-state index is -0.491. The third-order valence-corrected chi connectivity index (χ3v) is 3.14. The van der Waals surface area contributed by atoms with Gasteiger partial charge in [0, 0.05) is 17.8 Å². The van der Waals surface area contributed by atoms with Gasteiger partial charge >= 0.3 is 0 Å². The molecule has 18 heavy (non-hydrogen) atoms. The Morgan fingerprint density at radius 3 is 3.00 bits per heavy atom. The van der Waals surface area contributed by atoms with E-state index in [4.69, 9.17) is 10.5 Å². The van der Waals surface area contributed by atoms with Crippen LogP contribution >= 0.6 is 0 Å². The lowest BCUT2D eigenvalue weighted by molar-refractivity contribution is 0.0994. The first-order valence-corrected chi connectivity index (χ1v) is 6.22. The zero-order valence-electron chi connectivity index (χ0n) is 10.8. The second-order valence-electron chi connectivity index (χ2n) is 4.69. The van der Waals surface area contributed by atoms with Crippen LogP contribution in [0.15, 0.2) is 6.07 Å². The molecule has 0 spiro atoms. The Morgan fingerprint density at radius 2 is 2.39 bits per heavy atom. The van der Waals surface area contributed by atoms with E-state index in [1.165, 1.54) is 6.42 Å². The van der Waals surface area contributed by atoms with Crippen molar-refractivity contribution in [3.8, 4) is 5.75 Å². The topological polar surface area (TPSA) is 77.2 Å². The number of ether oxygens (including phenoxy) is 1. The fourth-order valence-electron chi connectivity index (χ4n) is 2.30. The molecule has 1 atom stereocenters. The normalized spacial score (nSPS) is 18.9. The number of aromatic nitrogens is 1. The standard InChI is InChI=1S/C13H19N3O2/c1-8-6-11(12(13(14)17)9(2)16-8)18-7-10-4-3-5-15-10/h6,10,15H,3-5,7H2,1-2H3,(H2,14,17). The van der Waals surface area contributed by atoms with Crippen LogP contribution in [0.25, 0.3) is 0 Å². The Balaban J connectivity index is 2.16. The minimum Gasteiger partial charge on any atom is -0.491 e. The summed E-state index contributed by atoms with van der Waals surface area (Å²) in [6.45, 7) is 5.24.